The molecular weight excluding hydrogens is 380 g/mol. The first-order valence-corrected chi connectivity index (χ1v) is 10.5. The summed E-state index contributed by atoms with van der Waals surface area (Å²) in [6, 6.07) is 15.4. The molecule has 1 heterocycles. The Morgan fingerprint density at radius 1 is 1.19 bits per heavy atom. The summed E-state index contributed by atoms with van der Waals surface area (Å²) in [5, 5.41) is 0.642. The van der Waals surface area contributed by atoms with Crippen LogP contribution in [0.4, 0.5) is 0 Å². The summed E-state index contributed by atoms with van der Waals surface area (Å²) in [7, 11) is 0. The predicted octanol–water partition coefficient (Wildman–Crippen LogP) is 5.65. The molecule has 0 aliphatic carbocycles. The molecule has 0 amide bonds. The SMILES string of the molecule is CCOC(=O)C[C@@H]1S[C@H](c2ccc(C)cc2)C[C@H]1C(=O)c1cccc(Cl)c1. The number of halogens is 1. The zero-order valence-corrected chi connectivity index (χ0v) is 17.1. The molecule has 5 heteroatoms. The molecule has 3 rings (SSSR count). The molecule has 142 valence electrons. The van der Waals surface area contributed by atoms with E-state index in [1.807, 2.05) is 0 Å². The maximum absolute atomic E-state index is 13.2. The van der Waals surface area contributed by atoms with Crippen molar-refractivity contribution < 1.29 is 14.3 Å². The molecule has 0 bridgehead atoms. The number of carbonyl (C=O) groups excluding carboxylic acids is 2. The van der Waals surface area contributed by atoms with Gasteiger partial charge in [0.15, 0.2) is 5.78 Å². The van der Waals surface area contributed by atoms with Gasteiger partial charge in [0.1, 0.15) is 0 Å². The molecule has 0 unspecified atom stereocenters. The van der Waals surface area contributed by atoms with E-state index in [0.29, 0.717) is 23.6 Å². The van der Waals surface area contributed by atoms with Crippen LogP contribution in [0.3, 0.4) is 0 Å². The highest BCUT2D eigenvalue weighted by atomic mass is 35.5. The molecule has 0 spiro atoms. The van der Waals surface area contributed by atoms with E-state index in [0.717, 1.165) is 0 Å². The second-order valence-corrected chi connectivity index (χ2v) is 8.68. The van der Waals surface area contributed by atoms with Crippen LogP contribution in [-0.4, -0.2) is 23.6 Å². The number of thioether (sulfide) groups is 1. The lowest BCUT2D eigenvalue weighted by molar-refractivity contribution is -0.143. The van der Waals surface area contributed by atoms with E-state index < -0.39 is 0 Å². The lowest BCUT2D eigenvalue weighted by Gasteiger charge is -2.17. The van der Waals surface area contributed by atoms with Gasteiger partial charge < -0.3 is 4.74 Å². The largest absolute Gasteiger partial charge is 0.466 e. The van der Waals surface area contributed by atoms with Crippen LogP contribution >= 0.6 is 23.4 Å². The summed E-state index contributed by atoms with van der Waals surface area (Å²) in [4.78, 5) is 25.2. The van der Waals surface area contributed by atoms with E-state index in [1.165, 1.54) is 11.1 Å². The van der Waals surface area contributed by atoms with Crippen molar-refractivity contribution in [3.05, 3.63) is 70.2 Å². The van der Waals surface area contributed by atoms with E-state index >= 15 is 0 Å². The first-order valence-electron chi connectivity index (χ1n) is 9.15. The number of ketones is 1. The second kappa shape index (κ2) is 8.94. The van der Waals surface area contributed by atoms with Gasteiger partial charge in [0.2, 0.25) is 0 Å². The van der Waals surface area contributed by atoms with Crippen LogP contribution in [0.15, 0.2) is 48.5 Å². The van der Waals surface area contributed by atoms with Gasteiger partial charge in [-0.15, -0.1) is 11.8 Å². The quantitative estimate of drug-likeness (QED) is 0.462. The van der Waals surface area contributed by atoms with Gasteiger partial charge in [-0.25, -0.2) is 0 Å². The van der Waals surface area contributed by atoms with Crippen molar-refractivity contribution in [3.8, 4) is 0 Å². The van der Waals surface area contributed by atoms with Gasteiger partial charge in [-0.2, -0.15) is 0 Å². The molecular formula is C22H23ClO3S. The highest BCUT2D eigenvalue weighted by Gasteiger charge is 2.41. The fourth-order valence-electron chi connectivity index (χ4n) is 3.45. The van der Waals surface area contributed by atoms with Crippen molar-refractivity contribution in [1.82, 2.24) is 0 Å². The fourth-order valence-corrected chi connectivity index (χ4v) is 5.35. The van der Waals surface area contributed by atoms with Crippen molar-refractivity contribution >= 4 is 35.1 Å². The third-order valence-electron chi connectivity index (χ3n) is 4.82. The first-order chi connectivity index (χ1) is 13.0. The number of aryl methyl sites for hydroxylation is 1. The Morgan fingerprint density at radius 3 is 2.59 bits per heavy atom. The normalized spacial score (nSPS) is 21.8. The van der Waals surface area contributed by atoms with E-state index in [9.17, 15) is 9.59 Å². The molecule has 3 nitrogen and oxygen atoms in total. The molecule has 0 aromatic heterocycles. The molecule has 1 fully saturated rings. The van der Waals surface area contributed by atoms with Crippen molar-refractivity contribution in [2.45, 2.75) is 37.2 Å². The van der Waals surface area contributed by atoms with Crippen LogP contribution in [0.5, 0.6) is 0 Å². The van der Waals surface area contributed by atoms with E-state index in [4.69, 9.17) is 16.3 Å². The van der Waals surface area contributed by atoms with Crippen LogP contribution in [0.1, 0.15) is 46.5 Å². The van der Waals surface area contributed by atoms with Crippen LogP contribution in [-0.2, 0) is 9.53 Å². The van der Waals surface area contributed by atoms with Gasteiger partial charge in [-0.05, 0) is 38.0 Å². The van der Waals surface area contributed by atoms with Gasteiger partial charge in [0, 0.05) is 27.0 Å². The number of Topliss-reactive ketones (excluding diaryl/α,β-unsaturated/α-hetero) is 1. The standard InChI is InChI=1S/C22H23ClO3S/c1-3-26-21(24)13-20-18(22(25)16-5-4-6-17(23)11-16)12-19(27-20)15-9-7-14(2)8-10-15/h4-11,18-20H,3,12-13H2,1-2H3/t18-,19+,20+/m1/s1. The summed E-state index contributed by atoms with van der Waals surface area (Å²) in [5.41, 5.74) is 3.00. The lowest BCUT2D eigenvalue weighted by Crippen LogP contribution is -2.25. The number of rotatable bonds is 6. The van der Waals surface area contributed by atoms with Crippen LogP contribution < -0.4 is 0 Å². The Bertz CT molecular complexity index is 819. The molecule has 3 atom stereocenters. The summed E-state index contributed by atoms with van der Waals surface area (Å²) in [6.45, 7) is 4.20. The molecule has 1 aliphatic heterocycles. The van der Waals surface area contributed by atoms with Crippen molar-refractivity contribution in [3.63, 3.8) is 0 Å². The van der Waals surface area contributed by atoms with Gasteiger partial charge in [-0.3, -0.25) is 9.59 Å². The highest BCUT2D eigenvalue weighted by Crippen LogP contribution is 2.50. The summed E-state index contributed by atoms with van der Waals surface area (Å²) >= 11 is 7.77. The van der Waals surface area contributed by atoms with Gasteiger partial charge in [-0.1, -0.05) is 53.6 Å². The maximum Gasteiger partial charge on any atom is 0.306 e. The van der Waals surface area contributed by atoms with Gasteiger partial charge >= 0.3 is 5.97 Å². The third-order valence-corrected chi connectivity index (χ3v) is 6.70. The van der Waals surface area contributed by atoms with Crippen LogP contribution in [0, 0.1) is 12.8 Å². The molecule has 2 aromatic rings. The molecule has 2 aromatic carbocycles. The molecule has 27 heavy (non-hydrogen) atoms. The Labute approximate surface area is 169 Å². The van der Waals surface area contributed by atoms with Crippen molar-refractivity contribution in [2.24, 2.45) is 5.92 Å². The smallest absolute Gasteiger partial charge is 0.306 e. The lowest BCUT2D eigenvalue weighted by atomic mass is 9.88. The third kappa shape index (κ3) is 4.94. The number of hydrogen-bond acceptors (Lipinski definition) is 4. The van der Waals surface area contributed by atoms with Gasteiger partial charge in [0.05, 0.1) is 13.0 Å². The zero-order chi connectivity index (χ0) is 19.4. The van der Waals surface area contributed by atoms with Crippen molar-refractivity contribution in [2.75, 3.05) is 6.61 Å². The van der Waals surface area contributed by atoms with Crippen LogP contribution in [0.25, 0.3) is 0 Å². The Kier molecular flexibility index (Phi) is 6.61. The Balaban J connectivity index is 1.84. The minimum atomic E-state index is -0.247. The van der Waals surface area contributed by atoms with Crippen LogP contribution in [0.2, 0.25) is 5.02 Å². The fraction of sp³-hybridized carbons (Fsp3) is 0.364. The highest BCUT2D eigenvalue weighted by molar-refractivity contribution is 8.00. The van der Waals surface area contributed by atoms with Crippen molar-refractivity contribution in [1.29, 1.82) is 0 Å². The molecule has 1 aliphatic rings. The minimum Gasteiger partial charge on any atom is -0.466 e. The topological polar surface area (TPSA) is 43.4 Å². The van der Waals surface area contributed by atoms with E-state index in [2.05, 4.69) is 31.2 Å². The number of benzene rings is 2. The number of esters is 1. The predicted molar refractivity (Wildman–Crippen MR) is 110 cm³/mol. The first kappa shape index (κ1) is 20.0. The van der Waals surface area contributed by atoms with E-state index in [1.54, 1.807) is 43.0 Å². The average molecular weight is 403 g/mol. The second-order valence-electron chi connectivity index (χ2n) is 6.80. The number of ether oxygens (including phenoxy) is 1. The summed E-state index contributed by atoms with van der Waals surface area (Å²) < 4.78 is 5.13. The monoisotopic (exact) mass is 402 g/mol. The number of carbonyl (C=O) groups is 2. The molecule has 0 N–H and O–H groups in total. The average Bonchev–Trinajstić information content (AvgIpc) is 3.05. The zero-order valence-electron chi connectivity index (χ0n) is 15.5. The minimum absolute atomic E-state index is 0.0499. The Morgan fingerprint density at radius 2 is 1.93 bits per heavy atom. The van der Waals surface area contributed by atoms with E-state index in [-0.39, 0.29) is 34.6 Å². The Hall–Kier alpha value is -1.78. The molecule has 1 saturated heterocycles. The maximum atomic E-state index is 13.2. The molecule has 0 radical (unpaired) electrons. The summed E-state index contributed by atoms with van der Waals surface area (Å²) in [6.07, 6.45) is 0.959. The summed E-state index contributed by atoms with van der Waals surface area (Å²) in [5.74, 6) is -0.429. The molecule has 0 saturated carbocycles. The van der Waals surface area contributed by atoms with Gasteiger partial charge in [0.25, 0.3) is 0 Å². The number of hydrogen-bond donors (Lipinski definition) is 0.